The number of hydrogen-bond donors (Lipinski definition) is 1. The molecule has 0 saturated carbocycles. The van der Waals surface area contributed by atoms with E-state index in [0.29, 0.717) is 12.6 Å². The SMILES string of the molecule is CCC(C)N(C)CCS(=O)(=O)O. The second kappa shape index (κ2) is 4.79. The lowest BCUT2D eigenvalue weighted by Crippen LogP contribution is -2.32. The Balaban J connectivity index is 3.79. The molecule has 5 heteroatoms. The van der Waals surface area contributed by atoms with Crippen molar-refractivity contribution in [2.75, 3.05) is 19.3 Å². The maximum absolute atomic E-state index is 10.4. The van der Waals surface area contributed by atoms with Crippen LogP contribution >= 0.6 is 0 Å². The molecule has 0 saturated heterocycles. The molecule has 0 aliphatic carbocycles. The first kappa shape index (κ1) is 11.9. The molecule has 0 radical (unpaired) electrons. The summed E-state index contributed by atoms with van der Waals surface area (Å²) in [6, 6.07) is 0.353. The van der Waals surface area contributed by atoms with Crippen molar-refractivity contribution >= 4 is 10.1 Å². The van der Waals surface area contributed by atoms with E-state index in [4.69, 9.17) is 4.55 Å². The van der Waals surface area contributed by atoms with Crippen molar-refractivity contribution < 1.29 is 13.0 Å². The van der Waals surface area contributed by atoms with E-state index in [9.17, 15) is 8.42 Å². The third kappa shape index (κ3) is 5.51. The van der Waals surface area contributed by atoms with Crippen molar-refractivity contribution in [3.05, 3.63) is 0 Å². The average molecular weight is 195 g/mol. The van der Waals surface area contributed by atoms with Gasteiger partial charge in [-0.25, -0.2) is 0 Å². The van der Waals surface area contributed by atoms with Crippen molar-refractivity contribution in [2.24, 2.45) is 0 Å². The van der Waals surface area contributed by atoms with Crippen LogP contribution in [0.25, 0.3) is 0 Å². The normalized spacial score (nSPS) is 15.1. The van der Waals surface area contributed by atoms with E-state index in [1.165, 1.54) is 0 Å². The summed E-state index contributed by atoms with van der Waals surface area (Å²) in [7, 11) is -1.96. The Labute approximate surface area is 74.3 Å². The predicted octanol–water partition coefficient (Wildman–Crippen LogP) is 0.605. The first-order chi connectivity index (χ1) is 5.37. The van der Waals surface area contributed by atoms with Crippen LogP contribution < -0.4 is 0 Å². The highest BCUT2D eigenvalue weighted by Crippen LogP contribution is 1.99. The Morgan fingerprint density at radius 1 is 1.50 bits per heavy atom. The molecule has 0 aromatic carbocycles. The fourth-order valence-corrected chi connectivity index (χ4v) is 1.31. The summed E-state index contributed by atoms with van der Waals surface area (Å²) >= 11 is 0. The van der Waals surface area contributed by atoms with E-state index >= 15 is 0 Å². The van der Waals surface area contributed by atoms with Gasteiger partial charge in [0.2, 0.25) is 0 Å². The monoisotopic (exact) mass is 195 g/mol. The predicted molar refractivity (Wildman–Crippen MR) is 48.8 cm³/mol. The van der Waals surface area contributed by atoms with Gasteiger partial charge in [0.1, 0.15) is 0 Å². The van der Waals surface area contributed by atoms with Crippen molar-refractivity contribution in [2.45, 2.75) is 26.3 Å². The third-order valence-corrected chi connectivity index (χ3v) is 2.74. The first-order valence-corrected chi connectivity index (χ1v) is 5.63. The summed E-state index contributed by atoms with van der Waals surface area (Å²) in [5.41, 5.74) is 0. The van der Waals surface area contributed by atoms with Crippen molar-refractivity contribution in [1.82, 2.24) is 4.90 Å². The van der Waals surface area contributed by atoms with Crippen molar-refractivity contribution in [3.8, 4) is 0 Å². The largest absolute Gasteiger partial charge is 0.303 e. The number of hydrogen-bond acceptors (Lipinski definition) is 3. The average Bonchev–Trinajstić information content (AvgIpc) is 1.97. The number of rotatable bonds is 5. The second-order valence-electron chi connectivity index (χ2n) is 3.02. The highest BCUT2D eigenvalue weighted by atomic mass is 32.2. The van der Waals surface area contributed by atoms with Crippen LogP contribution in [0.4, 0.5) is 0 Å². The van der Waals surface area contributed by atoms with Crippen LogP contribution in [0.2, 0.25) is 0 Å². The van der Waals surface area contributed by atoms with Crippen LogP contribution in [-0.2, 0) is 10.1 Å². The second-order valence-corrected chi connectivity index (χ2v) is 4.60. The molecule has 0 amide bonds. The van der Waals surface area contributed by atoms with Gasteiger partial charge in [-0.15, -0.1) is 0 Å². The van der Waals surface area contributed by atoms with Gasteiger partial charge in [-0.1, -0.05) is 6.92 Å². The Hall–Kier alpha value is -0.130. The van der Waals surface area contributed by atoms with Crippen molar-refractivity contribution in [3.63, 3.8) is 0 Å². The van der Waals surface area contributed by atoms with E-state index in [1.807, 2.05) is 25.8 Å². The third-order valence-electron chi connectivity index (χ3n) is 2.05. The summed E-state index contributed by atoms with van der Waals surface area (Å²) in [6.45, 7) is 4.44. The van der Waals surface area contributed by atoms with Gasteiger partial charge in [0.25, 0.3) is 10.1 Å². The highest BCUT2D eigenvalue weighted by molar-refractivity contribution is 7.85. The zero-order chi connectivity index (χ0) is 9.78. The molecule has 4 nitrogen and oxygen atoms in total. The van der Waals surface area contributed by atoms with Gasteiger partial charge in [-0.05, 0) is 20.4 Å². The molecule has 0 aromatic rings. The quantitative estimate of drug-likeness (QED) is 0.653. The van der Waals surface area contributed by atoms with Gasteiger partial charge in [-0.3, -0.25) is 4.55 Å². The summed E-state index contributed by atoms with van der Waals surface area (Å²) in [6.07, 6.45) is 0.974. The van der Waals surface area contributed by atoms with E-state index in [1.54, 1.807) is 0 Å². The molecular weight excluding hydrogens is 178 g/mol. The van der Waals surface area contributed by atoms with Crippen LogP contribution in [0.15, 0.2) is 0 Å². The van der Waals surface area contributed by atoms with Crippen LogP contribution in [0.3, 0.4) is 0 Å². The minimum atomic E-state index is -3.80. The smallest absolute Gasteiger partial charge is 0.266 e. The maximum Gasteiger partial charge on any atom is 0.266 e. The Kier molecular flexibility index (Phi) is 4.74. The van der Waals surface area contributed by atoms with Crippen molar-refractivity contribution in [1.29, 1.82) is 0 Å². The topological polar surface area (TPSA) is 57.6 Å². The molecule has 1 atom stereocenters. The lowest BCUT2D eigenvalue weighted by molar-refractivity contribution is 0.264. The van der Waals surface area contributed by atoms with Crippen LogP contribution in [0.1, 0.15) is 20.3 Å². The van der Waals surface area contributed by atoms with Gasteiger partial charge in [0.15, 0.2) is 0 Å². The van der Waals surface area contributed by atoms with Crippen LogP contribution in [0, 0.1) is 0 Å². The molecule has 0 aliphatic rings. The van der Waals surface area contributed by atoms with E-state index < -0.39 is 10.1 Å². The molecular formula is C7H17NO3S. The lowest BCUT2D eigenvalue weighted by atomic mass is 10.2. The molecule has 0 aromatic heterocycles. The molecule has 0 rings (SSSR count). The summed E-state index contributed by atoms with van der Waals surface area (Å²) in [5, 5.41) is 0. The van der Waals surface area contributed by atoms with E-state index in [-0.39, 0.29) is 5.75 Å². The fraction of sp³-hybridized carbons (Fsp3) is 1.00. The molecule has 0 heterocycles. The summed E-state index contributed by atoms with van der Waals surface area (Å²) in [5.74, 6) is -0.187. The fourth-order valence-electron chi connectivity index (χ4n) is 0.791. The van der Waals surface area contributed by atoms with Crippen LogP contribution in [-0.4, -0.2) is 43.3 Å². The Morgan fingerprint density at radius 3 is 2.33 bits per heavy atom. The standard InChI is InChI=1S/C7H17NO3S/c1-4-7(2)8(3)5-6-12(9,10)11/h7H,4-6H2,1-3H3,(H,9,10,11). The Morgan fingerprint density at radius 2 is 2.00 bits per heavy atom. The molecule has 0 aliphatic heterocycles. The lowest BCUT2D eigenvalue weighted by Gasteiger charge is -2.22. The van der Waals surface area contributed by atoms with E-state index in [0.717, 1.165) is 6.42 Å². The summed E-state index contributed by atoms with van der Waals surface area (Å²) < 4.78 is 29.2. The number of nitrogens with zero attached hydrogens (tertiary/aromatic N) is 1. The maximum atomic E-state index is 10.4. The molecule has 12 heavy (non-hydrogen) atoms. The molecule has 0 fully saturated rings. The summed E-state index contributed by atoms with van der Waals surface area (Å²) in [4.78, 5) is 1.91. The highest BCUT2D eigenvalue weighted by Gasteiger charge is 2.10. The first-order valence-electron chi connectivity index (χ1n) is 4.02. The molecule has 0 spiro atoms. The van der Waals surface area contributed by atoms with Gasteiger partial charge in [0.05, 0.1) is 5.75 Å². The van der Waals surface area contributed by atoms with E-state index in [2.05, 4.69) is 0 Å². The van der Waals surface area contributed by atoms with Gasteiger partial charge < -0.3 is 4.90 Å². The van der Waals surface area contributed by atoms with Gasteiger partial charge >= 0.3 is 0 Å². The zero-order valence-corrected chi connectivity index (χ0v) is 8.63. The van der Waals surface area contributed by atoms with Gasteiger partial charge in [0, 0.05) is 12.6 Å². The zero-order valence-electron chi connectivity index (χ0n) is 7.82. The molecule has 74 valence electrons. The molecule has 1 unspecified atom stereocenters. The molecule has 0 bridgehead atoms. The molecule has 1 N–H and O–H groups in total. The van der Waals surface area contributed by atoms with Crippen LogP contribution in [0.5, 0.6) is 0 Å². The minimum Gasteiger partial charge on any atom is -0.303 e. The minimum absolute atomic E-state index is 0.187. The Bertz CT molecular complexity index is 213. The van der Waals surface area contributed by atoms with Gasteiger partial charge in [-0.2, -0.15) is 8.42 Å².